The first-order chi connectivity index (χ1) is 15.8. The van der Waals surface area contributed by atoms with Gasteiger partial charge in [0.1, 0.15) is 0 Å². The number of fused-ring (bicyclic) bond motifs is 1. The Morgan fingerprint density at radius 1 is 1.15 bits per heavy atom. The van der Waals surface area contributed by atoms with Gasteiger partial charge in [0.05, 0.1) is 22.7 Å². The fourth-order valence-corrected chi connectivity index (χ4v) is 4.07. The number of benzene rings is 1. The van der Waals surface area contributed by atoms with Crippen LogP contribution < -0.4 is 0 Å². The van der Waals surface area contributed by atoms with E-state index >= 15 is 0 Å². The van der Waals surface area contributed by atoms with E-state index in [0.29, 0.717) is 39.6 Å². The Hall–Kier alpha value is -3.68. The summed E-state index contributed by atoms with van der Waals surface area (Å²) in [4.78, 5) is 24.5. The van der Waals surface area contributed by atoms with Crippen molar-refractivity contribution in [2.24, 2.45) is 0 Å². The number of carbonyl (C=O) groups excluding carboxylic acids is 1. The highest BCUT2D eigenvalue weighted by molar-refractivity contribution is 6.06. The number of nitrogens with zero attached hydrogens (tertiary/aromatic N) is 5. The lowest BCUT2D eigenvalue weighted by Crippen LogP contribution is -2.30. The van der Waals surface area contributed by atoms with Crippen molar-refractivity contribution < 1.29 is 13.6 Å². The maximum Gasteiger partial charge on any atom is 0.254 e. The molecule has 0 radical (unpaired) electrons. The van der Waals surface area contributed by atoms with Crippen LogP contribution in [-0.2, 0) is 0 Å². The zero-order chi connectivity index (χ0) is 23.3. The molecule has 4 aromatic rings. The second kappa shape index (κ2) is 8.03. The SMILES string of the molecule is Cc1nn(-c2ccccn2)c2nc(C3CC3)cc(C(=O)N(C)C(C)c3ccc(F)c(F)c3)c12. The standard InChI is InChI=1S/C25H23F2N5O/c1-14-23-18(25(33)31(3)15(2)17-9-10-19(26)20(27)12-17)13-21(16-7-8-16)29-24(23)32(30-14)22-6-4-5-11-28-22/h4-6,9-13,15-16H,7-8H2,1-3H3. The molecule has 1 aliphatic carbocycles. The van der Waals surface area contributed by atoms with Crippen LogP contribution in [0.4, 0.5) is 8.78 Å². The van der Waals surface area contributed by atoms with Crippen LogP contribution in [0, 0.1) is 18.6 Å². The highest BCUT2D eigenvalue weighted by Gasteiger charge is 2.31. The molecular weight excluding hydrogens is 424 g/mol. The van der Waals surface area contributed by atoms with Crippen molar-refractivity contribution in [2.45, 2.75) is 38.6 Å². The first kappa shape index (κ1) is 21.2. The van der Waals surface area contributed by atoms with Gasteiger partial charge < -0.3 is 4.90 Å². The van der Waals surface area contributed by atoms with Gasteiger partial charge in [0.25, 0.3) is 5.91 Å². The summed E-state index contributed by atoms with van der Waals surface area (Å²) in [6.07, 6.45) is 3.75. The molecular formula is C25H23F2N5O. The number of aromatic nitrogens is 4. The molecule has 6 nitrogen and oxygen atoms in total. The maximum atomic E-state index is 13.8. The number of halogens is 2. The van der Waals surface area contributed by atoms with Gasteiger partial charge in [-0.25, -0.2) is 18.7 Å². The molecule has 33 heavy (non-hydrogen) atoms. The molecule has 1 fully saturated rings. The largest absolute Gasteiger partial charge is 0.335 e. The van der Waals surface area contributed by atoms with Crippen molar-refractivity contribution in [1.29, 1.82) is 0 Å². The third kappa shape index (κ3) is 3.75. The van der Waals surface area contributed by atoms with Crippen LogP contribution in [0.2, 0.25) is 0 Å². The Balaban J connectivity index is 1.61. The number of aryl methyl sites for hydroxylation is 1. The number of rotatable bonds is 5. The first-order valence-electron chi connectivity index (χ1n) is 10.9. The van der Waals surface area contributed by atoms with Gasteiger partial charge in [-0.15, -0.1) is 0 Å². The predicted octanol–water partition coefficient (Wildman–Crippen LogP) is 5.11. The monoisotopic (exact) mass is 447 g/mol. The fourth-order valence-electron chi connectivity index (χ4n) is 4.07. The van der Waals surface area contributed by atoms with Crippen LogP contribution in [0.5, 0.6) is 0 Å². The Morgan fingerprint density at radius 2 is 1.94 bits per heavy atom. The summed E-state index contributed by atoms with van der Waals surface area (Å²) in [5, 5.41) is 5.30. The molecule has 0 bridgehead atoms. The minimum absolute atomic E-state index is 0.231. The summed E-state index contributed by atoms with van der Waals surface area (Å²) in [7, 11) is 1.66. The highest BCUT2D eigenvalue weighted by atomic mass is 19.2. The summed E-state index contributed by atoms with van der Waals surface area (Å²) < 4.78 is 28.9. The third-order valence-corrected chi connectivity index (χ3v) is 6.25. The summed E-state index contributed by atoms with van der Waals surface area (Å²) in [6, 6.07) is 10.6. The van der Waals surface area contributed by atoms with Crippen molar-refractivity contribution >= 4 is 16.9 Å². The van der Waals surface area contributed by atoms with Crippen molar-refractivity contribution in [1.82, 2.24) is 24.6 Å². The average Bonchev–Trinajstić information content (AvgIpc) is 3.63. The van der Waals surface area contributed by atoms with Crippen molar-refractivity contribution in [3.05, 3.63) is 82.8 Å². The molecule has 1 unspecified atom stereocenters. The van der Waals surface area contributed by atoms with Crippen LogP contribution in [-0.4, -0.2) is 37.6 Å². The van der Waals surface area contributed by atoms with Gasteiger partial charge >= 0.3 is 0 Å². The van der Waals surface area contributed by atoms with E-state index in [1.165, 1.54) is 11.0 Å². The molecule has 8 heteroatoms. The van der Waals surface area contributed by atoms with Gasteiger partial charge in [0.2, 0.25) is 0 Å². The first-order valence-corrected chi connectivity index (χ1v) is 10.9. The summed E-state index contributed by atoms with van der Waals surface area (Å²) in [6.45, 7) is 3.63. The molecule has 0 aliphatic heterocycles. The van der Waals surface area contributed by atoms with E-state index < -0.39 is 17.7 Å². The van der Waals surface area contributed by atoms with E-state index in [1.54, 1.807) is 24.9 Å². The van der Waals surface area contributed by atoms with E-state index in [-0.39, 0.29) is 5.91 Å². The summed E-state index contributed by atoms with van der Waals surface area (Å²) >= 11 is 0. The van der Waals surface area contributed by atoms with E-state index in [4.69, 9.17) is 4.98 Å². The Labute approximate surface area is 189 Å². The summed E-state index contributed by atoms with van der Waals surface area (Å²) in [5.74, 6) is -1.14. The molecule has 0 N–H and O–H groups in total. The van der Waals surface area contributed by atoms with Crippen LogP contribution in [0.1, 0.15) is 59.0 Å². The molecule has 3 aromatic heterocycles. The number of amides is 1. The molecule has 1 aliphatic rings. The van der Waals surface area contributed by atoms with Gasteiger partial charge in [-0.05, 0) is 62.6 Å². The molecule has 168 valence electrons. The van der Waals surface area contributed by atoms with Crippen molar-refractivity contribution in [3.8, 4) is 5.82 Å². The lowest BCUT2D eigenvalue weighted by Gasteiger charge is -2.26. The van der Waals surface area contributed by atoms with Gasteiger partial charge in [-0.2, -0.15) is 9.78 Å². The van der Waals surface area contributed by atoms with Gasteiger partial charge in [-0.1, -0.05) is 12.1 Å². The normalized spacial score (nSPS) is 14.5. The molecule has 1 amide bonds. The Morgan fingerprint density at radius 3 is 2.61 bits per heavy atom. The Bertz CT molecular complexity index is 1360. The lowest BCUT2D eigenvalue weighted by molar-refractivity contribution is 0.0744. The van der Waals surface area contributed by atoms with Crippen LogP contribution in [0.15, 0.2) is 48.7 Å². The quantitative estimate of drug-likeness (QED) is 0.426. The number of hydrogen-bond donors (Lipinski definition) is 0. The van der Waals surface area contributed by atoms with E-state index in [2.05, 4.69) is 10.1 Å². The number of carbonyl (C=O) groups is 1. The van der Waals surface area contributed by atoms with Crippen LogP contribution >= 0.6 is 0 Å². The topological polar surface area (TPSA) is 63.9 Å². The minimum Gasteiger partial charge on any atom is -0.335 e. The molecule has 1 aromatic carbocycles. The molecule has 3 heterocycles. The fraction of sp³-hybridized carbons (Fsp3) is 0.280. The number of hydrogen-bond acceptors (Lipinski definition) is 4. The number of pyridine rings is 2. The predicted molar refractivity (Wildman–Crippen MR) is 120 cm³/mol. The Kier molecular flexibility index (Phi) is 5.15. The molecule has 1 atom stereocenters. The maximum absolute atomic E-state index is 13.8. The van der Waals surface area contributed by atoms with E-state index in [1.807, 2.05) is 31.2 Å². The van der Waals surface area contributed by atoms with Crippen molar-refractivity contribution in [3.63, 3.8) is 0 Å². The second-order valence-electron chi connectivity index (χ2n) is 8.52. The van der Waals surface area contributed by atoms with Crippen molar-refractivity contribution in [2.75, 3.05) is 7.05 Å². The van der Waals surface area contributed by atoms with E-state index in [0.717, 1.165) is 30.7 Å². The lowest BCUT2D eigenvalue weighted by atomic mass is 10.0. The van der Waals surface area contributed by atoms with Gasteiger partial charge in [-0.3, -0.25) is 4.79 Å². The van der Waals surface area contributed by atoms with Gasteiger partial charge in [0.15, 0.2) is 23.1 Å². The van der Waals surface area contributed by atoms with Gasteiger partial charge in [0, 0.05) is 24.9 Å². The zero-order valence-electron chi connectivity index (χ0n) is 18.6. The van der Waals surface area contributed by atoms with E-state index in [9.17, 15) is 13.6 Å². The summed E-state index contributed by atoms with van der Waals surface area (Å²) in [5.41, 5.74) is 3.13. The molecule has 0 saturated heterocycles. The second-order valence-corrected chi connectivity index (χ2v) is 8.52. The smallest absolute Gasteiger partial charge is 0.254 e. The highest BCUT2D eigenvalue weighted by Crippen LogP contribution is 2.41. The molecule has 0 spiro atoms. The van der Waals surface area contributed by atoms with Crippen LogP contribution in [0.3, 0.4) is 0 Å². The molecule has 5 rings (SSSR count). The average molecular weight is 447 g/mol. The van der Waals surface area contributed by atoms with Crippen LogP contribution in [0.25, 0.3) is 16.9 Å². The minimum atomic E-state index is -0.935. The zero-order valence-corrected chi connectivity index (χ0v) is 18.6. The third-order valence-electron chi connectivity index (χ3n) is 6.25. The molecule has 1 saturated carbocycles.